The maximum absolute atomic E-state index is 12.7. The van der Waals surface area contributed by atoms with Gasteiger partial charge in [-0.25, -0.2) is 0 Å². The second kappa shape index (κ2) is 4.92. The quantitative estimate of drug-likeness (QED) is 0.629. The third kappa shape index (κ3) is 1.67. The minimum Gasteiger partial charge on any atom is -0.468 e. The number of methoxy groups -OCH3 is 1. The van der Waals surface area contributed by atoms with E-state index in [0.717, 1.165) is 37.7 Å². The van der Waals surface area contributed by atoms with Gasteiger partial charge in [-0.2, -0.15) is 0 Å². The predicted molar refractivity (Wildman–Crippen MR) is 84.1 cm³/mol. The van der Waals surface area contributed by atoms with E-state index in [2.05, 4.69) is 6.92 Å². The minimum atomic E-state index is -0.670. The summed E-state index contributed by atoms with van der Waals surface area (Å²) in [4.78, 5) is 25.3. The van der Waals surface area contributed by atoms with E-state index >= 15 is 0 Å². The first kappa shape index (κ1) is 15.7. The van der Waals surface area contributed by atoms with E-state index in [9.17, 15) is 9.59 Å². The fourth-order valence-electron chi connectivity index (χ4n) is 5.36. The van der Waals surface area contributed by atoms with Gasteiger partial charge in [-0.3, -0.25) is 9.59 Å². The van der Waals surface area contributed by atoms with Gasteiger partial charge in [0.1, 0.15) is 5.78 Å². The fourth-order valence-corrected chi connectivity index (χ4v) is 5.36. The van der Waals surface area contributed by atoms with Gasteiger partial charge in [0.25, 0.3) is 0 Å². The number of ether oxygens (including phenoxy) is 1. The molecule has 0 heterocycles. The summed E-state index contributed by atoms with van der Waals surface area (Å²) in [6, 6.07) is 0. The summed E-state index contributed by atoms with van der Waals surface area (Å²) in [5.41, 5.74) is 7.51. The molecule has 0 amide bonds. The molecule has 3 atom stereocenters. The van der Waals surface area contributed by atoms with Gasteiger partial charge >= 0.3 is 5.97 Å². The molecule has 0 bridgehead atoms. The summed E-state index contributed by atoms with van der Waals surface area (Å²) in [7, 11) is 1.46. The largest absolute Gasteiger partial charge is 0.468 e. The number of nitrogens with two attached hydrogens (primary N) is 1. The first-order valence-electron chi connectivity index (χ1n) is 8.49. The SMILES string of the molecule is CCC1=C2C(C(=O)OC)(CC1)CC[C@@]1(C)C(=O)CCCC21N. The Bertz CT molecular complexity index is 567. The average Bonchev–Trinajstić information content (AvgIpc) is 2.90. The molecule has 2 fully saturated rings. The number of carbonyl (C=O) groups excluding carboxylic acids is 2. The molecule has 2 N–H and O–H groups in total. The summed E-state index contributed by atoms with van der Waals surface area (Å²) >= 11 is 0. The maximum Gasteiger partial charge on any atom is 0.316 e. The third-order valence-corrected chi connectivity index (χ3v) is 6.76. The van der Waals surface area contributed by atoms with E-state index < -0.39 is 16.4 Å². The summed E-state index contributed by atoms with van der Waals surface area (Å²) in [6.45, 7) is 4.14. The zero-order valence-corrected chi connectivity index (χ0v) is 14.0. The predicted octanol–water partition coefficient (Wildman–Crippen LogP) is 2.90. The Balaban J connectivity index is 2.21. The van der Waals surface area contributed by atoms with E-state index in [-0.39, 0.29) is 11.8 Å². The molecule has 22 heavy (non-hydrogen) atoms. The highest BCUT2D eigenvalue weighted by Crippen LogP contribution is 2.64. The van der Waals surface area contributed by atoms with Crippen molar-refractivity contribution in [3.63, 3.8) is 0 Å². The summed E-state index contributed by atoms with van der Waals surface area (Å²) in [6.07, 6.45) is 6.23. The van der Waals surface area contributed by atoms with Crippen molar-refractivity contribution >= 4 is 11.8 Å². The number of Topliss-reactive ketones (excluding diaryl/α,β-unsaturated/α-hetero) is 1. The molecule has 0 aliphatic heterocycles. The maximum atomic E-state index is 12.7. The zero-order valence-electron chi connectivity index (χ0n) is 14.0. The van der Waals surface area contributed by atoms with E-state index in [0.29, 0.717) is 19.3 Å². The highest BCUT2D eigenvalue weighted by molar-refractivity contribution is 5.91. The normalized spacial score (nSPS) is 41.2. The molecule has 0 aromatic carbocycles. The van der Waals surface area contributed by atoms with Crippen LogP contribution in [-0.4, -0.2) is 24.4 Å². The molecule has 0 spiro atoms. The summed E-state index contributed by atoms with van der Waals surface area (Å²) < 4.78 is 5.16. The number of rotatable bonds is 2. The minimum absolute atomic E-state index is 0.157. The molecule has 4 heteroatoms. The first-order chi connectivity index (χ1) is 10.4. The standard InChI is InChI=1S/C18H27NO3/c1-4-12-7-9-17(15(21)22-3)11-10-16(2)13(20)6-5-8-18(16,19)14(12)17/h4-11,19H2,1-3H3/t16-,17?,18?/m0/s1. The Morgan fingerprint density at radius 3 is 2.59 bits per heavy atom. The lowest BCUT2D eigenvalue weighted by Gasteiger charge is -2.57. The monoisotopic (exact) mass is 305 g/mol. The van der Waals surface area contributed by atoms with Gasteiger partial charge < -0.3 is 10.5 Å². The van der Waals surface area contributed by atoms with Crippen molar-refractivity contribution in [3.05, 3.63) is 11.1 Å². The van der Waals surface area contributed by atoms with Gasteiger partial charge in [-0.15, -0.1) is 0 Å². The number of allylic oxidation sites excluding steroid dienone is 1. The molecule has 0 aromatic heterocycles. The highest BCUT2D eigenvalue weighted by Gasteiger charge is 2.66. The highest BCUT2D eigenvalue weighted by atomic mass is 16.5. The van der Waals surface area contributed by atoms with Crippen LogP contribution in [-0.2, 0) is 14.3 Å². The Hall–Kier alpha value is -1.16. The van der Waals surface area contributed by atoms with Crippen molar-refractivity contribution in [2.24, 2.45) is 16.6 Å². The van der Waals surface area contributed by atoms with E-state index in [1.807, 2.05) is 6.92 Å². The van der Waals surface area contributed by atoms with E-state index in [1.54, 1.807) is 0 Å². The van der Waals surface area contributed by atoms with Crippen LogP contribution in [0.4, 0.5) is 0 Å². The van der Waals surface area contributed by atoms with E-state index in [4.69, 9.17) is 10.5 Å². The van der Waals surface area contributed by atoms with Crippen LogP contribution < -0.4 is 5.73 Å². The van der Waals surface area contributed by atoms with Crippen LogP contribution in [0.2, 0.25) is 0 Å². The van der Waals surface area contributed by atoms with Gasteiger partial charge in [0.15, 0.2) is 0 Å². The van der Waals surface area contributed by atoms with Crippen LogP contribution in [0.1, 0.15) is 65.2 Å². The second-order valence-corrected chi connectivity index (χ2v) is 7.49. The molecule has 0 radical (unpaired) electrons. The molecule has 4 nitrogen and oxygen atoms in total. The van der Waals surface area contributed by atoms with Gasteiger partial charge in [0.2, 0.25) is 0 Å². The van der Waals surface area contributed by atoms with Crippen LogP contribution in [0.25, 0.3) is 0 Å². The molecule has 122 valence electrons. The topological polar surface area (TPSA) is 69.4 Å². The van der Waals surface area contributed by atoms with Crippen molar-refractivity contribution in [1.82, 2.24) is 0 Å². The van der Waals surface area contributed by atoms with Crippen molar-refractivity contribution in [2.75, 3.05) is 7.11 Å². The molecule has 2 unspecified atom stereocenters. The molecular weight excluding hydrogens is 278 g/mol. The van der Waals surface area contributed by atoms with Crippen molar-refractivity contribution in [2.45, 2.75) is 70.8 Å². The van der Waals surface area contributed by atoms with E-state index in [1.165, 1.54) is 12.7 Å². The number of esters is 1. The lowest BCUT2D eigenvalue weighted by Crippen LogP contribution is -2.67. The van der Waals surface area contributed by atoms with Crippen molar-refractivity contribution in [3.8, 4) is 0 Å². The number of carbonyl (C=O) groups is 2. The fraction of sp³-hybridized carbons (Fsp3) is 0.778. The van der Waals surface area contributed by atoms with Crippen LogP contribution in [0.3, 0.4) is 0 Å². The second-order valence-electron chi connectivity index (χ2n) is 7.49. The van der Waals surface area contributed by atoms with Crippen LogP contribution in [0.5, 0.6) is 0 Å². The van der Waals surface area contributed by atoms with Gasteiger partial charge in [-0.1, -0.05) is 19.4 Å². The average molecular weight is 305 g/mol. The van der Waals surface area contributed by atoms with Crippen LogP contribution >= 0.6 is 0 Å². The summed E-state index contributed by atoms with van der Waals surface area (Å²) in [5.74, 6) is 0.116. The smallest absolute Gasteiger partial charge is 0.316 e. The lowest BCUT2D eigenvalue weighted by molar-refractivity contribution is -0.157. The number of hydrogen-bond acceptors (Lipinski definition) is 4. The molecule has 3 rings (SSSR count). The van der Waals surface area contributed by atoms with Gasteiger partial charge in [0.05, 0.1) is 18.1 Å². The lowest BCUT2D eigenvalue weighted by atomic mass is 9.47. The zero-order chi connectivity index (χ0) is 16.2. The Kier molecular flexibility index (Phi) is 3.52. The van der Waals surface area contributed by atoms with Crippen molar-refractivity contribution in [1.29, 1.82) is 0 Å². The molecule has 3 aliphatic rings. The molecular formula is C18H27NO3. The molecule has 0 saturated heterocycles. The number of fused-ring (bicyclic) bond motifs is 3. The summed E-state index contributed by atoms with van der Waals surface area (Å²) in [5, 5.41) is 0. The Labute approximate surface area is 132 Å². The Morgan fingerprint density at radius 2 is 1.95 bits per heavy atom. The first-order valence-corrected chi connectivity index (χ1v) is 8.49. The van der Waals surface area contributed by atoms with Crippen LogP contribution in [0, 0.1) is 10.8 Å². The third-order valence-electron chi connectivity index (χ3n) is 6.76. The van der Waals surface area contributed by atoms with Gasteiger partial charge in [-0.05, 0) is 50.5 Å². The Morgan fingerprint density at radius 1 is 1.23 bits per heavy atom. The number of hydrogen-bond donors (Lipinski definition) is 1. The van der Waals surface area contributed by atoms with Gasteiger partial charge in [0, 0.05) is 11.8 Å². The molecule has 3 aliphatic carbocycles. The van der Waals surface area contributed by atoms with Crippen LogP contribution in [0.15, 0.2) is 11.1 Å². The number of ketones is 1. The molecule has 2 saturated carbocycles. The van der Waals surface area contributed by atoms with Crippen molar-refractivity contribution < 1.29 is 14.3 Å². The molecule has 0 aromatic rings.